The number of aromatic nitrogens is 1. The lowest BCUT2D eigenvalue weighted by atomic mass is 10.1. The van der Waals surface area contributed by atoms with Crippen molar-refractivity contribution in [3.8, 4) is 0 Å². The van der Waals surface area contributed by atoms with Crippen molar-refractivity contribution in [2.75, 3.05) is 12.3 Å². The molecule has 0 aliphatic carbocycles. The summed E-state index contributed by atoms with van der Waals surface area (Å²) in [5.74, 6) is -0.585. The van der Waals surface area contributed by atoms with Crippen molar-refractivity contribution in [1.29, 1.82) is 0 Å². The number of anilines is 1. The molecule has 0 atom stereocenters. The average molecular weight is 273 g/mol. The maximum atomic E-state index is 12.2. The Labute approximate surface area is 113 Å². The number of fused-ring (bicyclic) bond motifs is 1. The maximum absolute atomic E-state index is 12.2. The van der Waals surface area contributed by atoms with Crippen LogP contribution in [-0.4, -0.2) is 28.2 Å². The lowest BCUT2D eigenvalue weighted by Gasteiger charge is -2.12. The van der Waals surface area contributed by atoms with Crippen molar-refractivity contribution in [1.82, 2.24) is 9.88 Å². The lowest BCUT2D eigenvalue weighted by Crippen LogP contribution is -2.31. The number of hydrogen-bond acceptors (Lipinski definition) is 5. The quantitative estimate of drug-likeness (QED) is 0.680. The fourth-order valence-corrected chi connectivity index (χ4v) is 2.76. The van der Waals surface area contributed by atoms with E-state index in [0.29, 0.717) is 29.8 Å². The molecule has 3 rings (SSSR count). The highest BCUT2D eigenvalue weighted by molar-refractivity contribution is 7.09. The van der Waals surface area contributed by atoms with Crippen LogP contribution in [0.2, 0.25) is 0 Å². The molecule has 2 N–H and O–H groups in total. The first-order valence-corrected chi connectivity index (χ1v) is 6.69. The molecule has 0 bridgehead atoms. The van der Waals surface area contributed by atoms with Crippen LogP contribution < -0.4 is 5.73 Å². The summed E-state index contributed by atoms with van der Waals surface area (Å²) in [4.78, 5) is 29.7. The van der Waals surface area contributed by atoms with E-state index in [1.807, 2.05) is 5.38 Å². The first-order chi connectivity index (χ1) is 9.18. The van der Waals surface area contributed by atoms with E-state index < -0.39 is 0 Å². The molecule has 0 fully saturated rings. The Morgan fingerprint density at radius 3 is 2.79 bits per heavy atom. The van der Waals surface area contributed by atoms with Crippen LogP contribution in [0.1, 0.15) is 25.7 Å². The molecule has 96 valence electrons. The summed E-state index contributed by atoms with van der Waals surface area (Å²) in [5, 5.41) is 2.78. The van der Waals surface area contributed by atoms with E-state index in [1.54, 1.807) is 24.4 Å². The number of imide groups is 1. The normalized spacial score (nSPS) is 14.0. The zero-order valence-electron chi connectivity index (χ0n) is 10.00. The summed E-state index contributed by atoms with van der Waals surface area (Å²) in [6.45, 7) is 0.333. The number of hydrogen-bond donors (Lipinski definition) is 1. The van der Waals surface area contributed by atoms with Gasteiger partial charge in [-0.3, -0.25) is 14.5 Å². The Morgan fingerprint density at radius 1 is 1.26 bits per heavy atom. The average Bonchev–Trinajstić information content (AvgIpc) is 2.98. The minimum absolute atomic E-state index is 0.274. The number of benzene rings is 1. The van der Waals surface area contributed by atoms with Crippen LogP contribution in [0.3, 0.4) is 0 Å². The van der Waals surface area contributed by atoms with E-state index in [4.69, 9.17) is 5.73 Å². The molecule has 5 nitrogen and oxygen atoms in total. The van der Waals surface area contributed by atoms with Crippen molar-refractivity contribution in [2.24, 2.45) is 0 Å². The topological polar surface area (TPSA) is 76.3 Å². The number of rotatable bonds is 3. The number of nitrogens with zero attached hydrogens (tertiary/aromatic N) is 2. The van der Waals surface area contributed by atoms with Crippen molar-refractivity contribution in [3.05, 3.63) is 45.9 Å². The van der Waals surface area contributed by atoms with Crippen LogP contribution in [0.5, 0.6) is 0 Å². The SMILES string of the molecule is Nc1cccc2c1C(=O)N(CCc1nccs1)C2=O. The van der Waals surface area contributed by atoms with Crippen LogP contribution in [-0.2, 0) is 6.42 Å². The summed E-state index contributed by atoms with van der Waals surface area (Å²) in [6, 6.07) is 4.95. The molecule has 2 aromatic rings. The molecule has 0 unspecified atom stereocenters. The van der Waals surface area contributed by atoms with Crippen molar-refractivity contribution < 1.29 is 9.59 Å². The van der Waals surface area contributed by atoms with Gasteiger partial charge in [0.05, 0.1) is 16.1 Å². The van der Waals surface area contributed by atoms with Gasteiger partial charge in [-0.15, -0.1) is 11.3 Å². The van der Waals surface area contributed by atoms with Gasteiger partial charge in [0.25, 0.3) is 11.8 Å². The highest BCUT2D eigenvalue weighted by Crippen LogP contribution is 2.27. The van der Waals surface area contributed by atoms with Gasteiger partial charge in [0.2, 0.25) is 0 Å². The third-order valence-electron chi connectivity index (χ3n) is 3.06. The maximum Gasteiger partial charge on any atom is 0.263 e. The van der Waals surface area contributed by atoms with E-state index in [0.717, 1.165) is 5.01 Å². The number of nitrogens with two attached hydrogens (primary N) is 1. The van der Waals surface area contributed by atoms with E-state index in [-0.39, 0.29) is 11.8 Å². The summed E-state index contributed by atoms with van der Waals surface area (Å²) in [7, 11) is 0. The molecule has 1 aliphatic heterocycles. The molecule has 1 aliphatic rings. The molecule has 0 saturated carbocycles. The smallest absolute Gasteiger partial charge is 0.263 e. The Bertz CT molecular complexity index is 652. The second-order valence-electron chi connectivity index (χ2n) is 4.21. The first-order valence-electron chi connectivity index (χ1n) is 5.81. The molecule has 6 heteroatoms. The van der Waals surface area contributed by atoms with Crippen LogP contribution in [0.15, 0.2) is 29.8 Å². The van der Waals surface area contributed by atoms with E-state index in [9.17, 15) is 9.59 Å². The molecule has 19 heavy (non-hydrogen) atoms. The van der Waals surface area contributed by atoms with Gasteiger partial charge in [-0.2, -0.15) is 0 Å². The summed E-state index contributed by atoms with van der Waals surface area (Å²) in [6.07, 6.45) is 2.28. The Hall–Kier alpha value is -2.21. The van der Waals surface area contributed by atoms with Crippen LogP contribution in [0, 0.1) is 0 Å². The van der Waals surface area contributed by atoms with Crippen LogP contribution in [0.4, 0.5) is 5.69 Å². The zero-order chi connectivity index (χ0) is 13.4. The second-order valence-corrected chi connectivity index (χ2v) is 5.19. The number of carbonyl (C=O) groups is 2. The third kappa shape index (κ3) is 1.90. The zero-order valence-corrected chi connectivity index (χ0v) is 10.8. The number of amides is 2. The predicted octanol–water partition coefficient (Wildman–Crippen LogP) is 1.56. The van der Waals surface area contributed by atoms with Gasteiger partial charge in [0, 0.05) is 30.2 Å². The van der Waals surface area contributed by atoms with Crippen molar-refractivity contribution in [2.45, 2.75) is 6.42 Å². The fourth-order valence-electron chi connectivity index (χ4n) is 2.15. The van der Waals surface area contributed by atoms with E-state index >= 15 is 0 Å². The van der Waals surface area contributed by atoms with Gasteiger partial charge in [0.1, 0.15) is 0 Å². The first kappa shape index (κ1) is 11.9. The number of thiazole rings is 1. The summed E-state index contributed by atoms with van der Waals surface area (Å²) < 4.78 is 0. The van der Waals surface area contributed by atoms with Crippen molar-refractivity contribution in [3.63, 3.8) is 0 Å². The highest BCUT2D eigenvalue weighted by atomic mass is 32.1. The van der Waals surface area contributed by atoms with Crippen LogP contribution >= 0.6 is 11.3 Å². The molecule has 1 aromatic carbocycles. The van der Waals surface area contributed by atoms with Gasteiger partial charge < -0.3 is 5.73 Å². The van der Waals surface area contributed by atoms with Gasteiger partial charge in [-0.05, 0) is 12.1 Å². The Balaban J connectivity index is 1.84. The van der Waals surface area contributed by atoms with Crippen LogP contribution in [0.25, 0.3) is 0 Å². The van der Waals surface area contributed by atoms with Gasteiger partial charge in [-0.1, -0.05) is 6.07 Å². The summed E-state index contributed by atoms with van der Waals surface area (Å²) in [5.41, 5.74) is 6.84. The number of carbonyl (C=O) groups excluding carboxylic acids is 2. The minimum Gasteiger partial charge on any atom is -0.398 e. The number of nitrogen functional groups attached to an aromatic ring is 1. The third-order valence-corrected chi connectivity index (χ3v) is 3.90. The monoisotopic (exact) mass is 273 g/mol. The van der Waals surface area contributed by atoms with E-state index in [1.165, 1.54) is 16.2 Å². The molecule has 1 aromatic heterocycles. The van der Waals surface area contributed by atoms with Gasteiger partial charge >= 0.3 is 0 Å². The molecule has 2 heterocycles. The molecule has 0 radical (unpaired) electrons. The van der Waals surface area contributed by atoms with Gasteiger partial charge in [0.15, 0.2) is 0 Å². The lowest BCUT2D eigenvalue weighted by molar-refractivity contribution is 0.0656. The predicted molar refractivity (Wildman–Crippen MR) is 72.0 cm³/mol. The molecule has 0 saturated heterocycles. The highest BCUT2D eigenvalue weighted by Gasteiger charge is 2.36. The Morgan fingerprint density at radius 2 is 2.11 bits per heavy atom. The minimum atomic E-state index is -0.311. The Kier molecular flexibility index (Phi) is 2.79. The molecule has 2 amide bonds. The molecular weight excluding hydrogens is 262 g/mol. The van der Waals surface area contributed by atoms with E-state index in [2.05, 4.69) is 4.98 Å². The summed E-state index contributed by atoms with van der Waals surface area (Å²) >= 11 is 1.51. The second kappa shape index (κ2) is 4.47. The largest absolute Gasteiger partial charge is 0.398 e. The van der Waals surface area contributed by atoms with Crippen molar-refractivity contribution >= 4 is 28.8 Å². The molecule has 0 spiro atoms. The standard InChI is InChI=1S/C13H11N3O2S/c14-9-3-1-2-8-11(9)13(18)16(12(8)17)6-4-10-15-5-7-19-10/h1-3,5,7H,4,6,14H2. The van der Waals surface area contributed by atoms with Gasteiger partial charge in [-0.25, -0.2) is 4.98 Å². The molecular formula is C13H11N3O2S. The fraction of sp³-hybridized carbons (Fsp3) is 0.154.